The minimum absolute atomic E-state index is 0.0250. The lowest BCUT2D eigenvalue weighted by Gasteiger charge is -2.19. The van der Waals surface area contributed by atoms with Crippen LogP contribution in [0.3, 0.4) is 0 Å². The van der Waals surface area contributed by atoms with Gasteiger partial charge in [-0.3, -0.25) is 14.6 Å². The zero-order chi connectivity index (χ0) is 18.1. The molecule has 0 aliphatic carbocycles. The van der Waals surface area contributed by atoms with Crippen molar-refractivity contribution in [2.45, 2.75) is 13.0 Å². The second-order valence-electron chi connectivity index (χ2n) is 6.88. The van der Waals surface area contributed by atoms with E-state index in [-0.39, 0.29) is 29.8 Å². The van der Waals surface area contributed by atoms with Crippen LogP contribution in [0.1, 0.15) is 26.5 Å². The van der Waals surface area contributed by atoms with E-state index >= 15 is 0 Å². The molecule has 0 spiro atoms. The number of aryl methyl sites for hydroxylation is 1. The highest BCUT2D eigenvalue weighted by molar-refractivity contribution is 5.94. The van der Waals surface area contributed by atoms with Gasteiger partial charge in [0.05, 0.1) is 19.0 Å². The summed E-state index contributed by atoms with van der Waals surface area (Å²) in [5.41, 5.74) is 1.43. The minimum Gasteiger partial charge on any atom is -0.459 e. The first kappa shape index (κ1) is 16.8. The first-order valence-corrected chi connectivity index (χ1v) is 8.76. The maximum atomic E-state index is 12.6. The van der Waals surface area contributed by atoms with Gasteiger partial charge >= 0.3 is 0 Å². The van der Waals surface area contributed by atoms with Gasteiger partial charge in [0, 0.05) is 55.0 Å². The SMILES string of the molecule is Cc1ccoc1C(=O)N1C[C@@H]2[C@H](CNC(=O)c3ccncc3)CO[C@@H]2C1. The fourth-order valence-electron chi connectivity index (χ4n) is 3.74. The Labute approximate surface area is 151 Å². The summed E-state index contributed by atoms with van der Waals surface area (Å²) < 4.78 is 11.2. The van der Waals surface area contributed by atoms with Crippen molar-refractivity contribution in [2.75, 3.05) is 26.2 Å². The Morgan fingerprint density at radius 2 is 2.08 bits per heavy atom. The molecule has 4 rings (SSSR count). The molecule has 2 aliphatic heterocycles. The van der Waals surface area contributed by atoms with Crippen LogP contribution >= 0.6 is 0 Å². The Bertz CT molecular complexity index is 804. The number of aromatic nitrogens is 1. The van der Waals surface area contributed by atoms with Gasteiger partial charge in [-0.1, -0.05) is 0 Å². The summed E-state index contributed by atoms with van der Waals surface area (Å²) in [6.07, 6.45) is 4.76. The topological polar surface area (TPSA) is 84.7 Å². The fourth-order valence-corrected chi connectivity index (χ4v) is 3.74. The molecule has 3 atom stereocenters. The third-order valence-corrected chi connectivity index (χ3v) is 5.25. The van der Waals surface area contributed by atoms with Gasteiger partial charge in [-0.2, -0.15) is 0 Å². The van der Waals surface area contributed by atoms with Crippen molar-refractivity contribution in [3.8, 4) is 0 Å². The molecule has 7 heteroatoms. The zero-order valence-electron chi connectivity index (χ0n) is 14.6. The maximum absolute atomic E-state index is 12.6. The fraction of sp³-hybridized carbons (Fsp3) is 0.421. The molecule has 7 nitrogen and oxygen atoms in total. The number of fused-ring (bicyclic) bond motifs is 1. The lowest BCUT2D eigenvalue weighted by molar-refractivity contribution is 0.0648. The Kier molecular flexibility index (Phi) is 4.46. The molecule has 0 aromatic carbocycles. The lowest BCUT2D eigenvalue weighted by Crippen LogP contribution is -2.35. The van der Waals surface area contributed by atoms with Gasteiger partial charge in [0.25, 0.3) is 11.8 Å². The van der Waals surface area contributed by atoms with Crippen LogP contribution in [-0.4, -0.2) is 54.0 Å². The summed E-state index contributed by atoms with van der Waals surface area (Å²) in [6, 6.07) is 5.16. The minimum atomic E-state index is -0.118. The Hall–Kier alpha value is -2.67. The number of ether oxygens (including phenoxy) is 1. The summed E-state index contributed by atoms with van der Waals surface area (Å²) in [4.78, 5) is 30.5. The molecule has 0 saturated carbocycles. The van der Waals surface area contributed by atoms with E-state index in [1.165, 1.54) is 6.26 Å². The number of likely N-dealkylation sites (tertiary alicyclic amines) is 1. The van der Waals surface area contributed by atoms with Crippen molar-refractivity contribution in [1.29, 1.82) is 0 Å². The molecule has 2 fully saturated rings. The molecule has 2 aromatic heterocycles. The molecule has 2 aliphatic rings. The van der Waals surface area contributed by atoms with E-state index in [1.807, 2.05) is 6.92 Å². The average Bonchev–Trinajstić information content (AvgIpc) is 3.36. The van der Waals surface area contributed by atoms with Crippen LogP contribution in [0.25, 0.3) is 0 Å². The number of amides is 2. The first-order valence-electron chi connectivity index (χ1n) is 8.76. The van der Waals surface area contributed by atoms with Gasteiger partial charge < -0.3 is 19.4 Å². The quantitative estimate of drug-likeness (QED) is 0.898. The molecular weight excluding hydrogens is 334 g/mol. The molecule has 0 radical (unpaired) electrons. The van der Waals surface area contributed by atoms with Crippen molar-refractivity contribution in [1.82, 2.24) is 15.2 Å². The highest BCUT2D eigenvalue weighted by atomic mass is 16.5. The number of hydrogen-bond acceptors (Lipinski definition) is 5. The van der Waals surface area contributed by atoms with Crippen LogP contribution in [0.4, 0.5) is 0 Å². The standard InChI is InChI=1S/C19H21N3O4/c1-12-4-7-25-17(12)19(24)22-9-15-14(11-26-16(15)10-22)8-21-18(23)13-2-5-20-6-3-13/h2-7,14-16H,8-11H2,1H3,(H,21,23)/t14-,15-,16-/m1/s1. The van der Waals surface area contributed by atoms with Crippen LogP contribution < -0.4 is 5.32 Å². The number of nitrogens with zero attached hydrogens (tertiary/aromatic N) is 2. The summed E-state index contributed by atoms with van der Waals surface area (Å²) in [5, 5.41) is 2.97. The van der Waals surface area contributed by atoms with E-state index in [0.29, 0.717) is 37.6 Å². The molecule has 4 heterocycles. The smallest absolute Gasteiger partial charge is 0.289 e. The molecular formula is C19H21N3O4. The van der Waals surface area contributed by atoms with Crippen molar-refractivity contribution in [3.63, 3.8) is 0 Å². The lowest BCUT2D eigenvalue weighted by atomic mass is 9.93. The molecule has 136 valence electrons. The molecule has 0 bridgehead atoms. The number of rotatable bonds is 4. The van der Waals surface area contributed by atoms with E-state index < -0.39 is 0 Å². The number of carbonyl (C=O) groups is 2. The van der Waals surface area contributed by atoms with Gasteiger partial charge in [0.15, 0.2) is 5.76 Å². The highest BCUT2D eigenvalue weighted by Gasteiger charge is 2.45. The van der Waals surface area contributed by atoms with E-state index in [9.17, 15) is 9.59 Å². The summed E-state index contributed by atoms with van der Waals surface area (Å²) >= 11 is 0. The molecule has 0 unspecified atom stereocenters. The highest BCUT2D eigenvalue weighted by Crippen LogP contribution is 2.34. The maximum Gasteiger partial charge on any atom is 0.289 e. The molecule has 2 aromatic rings. The second kappa shape index (κ2) is 6.92. The monoisotopic (exact) mass is 355 g/mol. The number of carbonyl (C=O) groups excluding carboxylic acids is 2. The predicted molar refractivity (Wildman–Crippen MR) is 92.6 cm³/mol. The third kappa shape index (κ3) is 3.10. The molecule has 26 heavy (non-hydrogen) atoms. The van der Waals surface area contributed by atoms with E-state index in [4.69, 9.17) is 9.15 Å². The van der Waals surface area contributed by atoms with E-state index in [2.05, 4.69) is 10.3 Å². The van der Waals surface area contributed by atoms with Gasteiger partial charge in [0.1, 0.15) is 0 Å². The predicted octanol–water partition coefficient (Wildman–Crippen LogP) is 1.50. The number of furan rings is 1. The number of hydrogen-bond donors (Lipinski definition) is 1. The van der Waals surface area contributed by atoms with Crippen molar-refractivity contribution in [2.24, 2.45) is 11.8 Å². The van der Waals surface area contributed by atoms with Gasteiger partial charge in [-0.15, -0.1) is 0 Å². The van der Waals surface area contributed by atoms with Gasteiger partial charge in [0.2, 0.25) is 0 Å². The first-order chi connectivity index (χ1) is 12.6. The largest absolute Gasteiger partial charge is 0.459 e. The molecule has 2 saturated heterocycles. The Morgan fingerprint density at radius 1 is 1.27 bits per heavy atom. The number of pyridine rings is 1. The van der Waals surface area contributed by atoms with Gasteiger partial charge in [-0.05, 0) is 25.1 Å². The summed E-state index contributed by atoms with van der Waals surface area (Å²) in [5.74, 6) is 0.610. The zero-order valence-corrected chi connectivity index (χ0v) is 14.6. The Morgan fingerprint density at radius 3 is 2.81 bits per heavy atom. The average molecular weight is 355 g/mol. The van der Waals surface area contributed by atoms with Crippen LogP contribution in [0, 0.1) is 18.8 Å². The van der Waals surface area contributed by atoms with E-state index in [1.54, 1.807) is 35.5 Å². The van der Waals surface area contributed by atoms with Gasteiger partial charge in [-0.25, -0.2) is 0 Å². The number of nitrogens with one attached hydrogen (secondary N) is 1. The van der Waals surface area contributed by atoms with E-state index in [0.717, 1.165) is 5.56 Å². The normalized spacial score (nSPS) is 24.5. The van der Waals surface area contributed by atoms with Crippen LogP contribution in [0.2, 0.25) is 0 Å². The summed E-state index contributed by atoms with van der Waals surface area (Å²) in [7, 11) is 0. The second-order valence-corrected chi connectivity index (χ2v) is 6.88. The van der Waals surface area contributed by atoms with Crippen LogP contribution in [0.5, 0.6) is 0 Å². The van der Waals surface area contributed by atoms with Crippen LogP contribution in [-0.2, 0) is 4.74 Å². The van der Waals surface area contributed by atoms with Crippen molar-refractivity contribution < 1.29 is 18.7 Å². The van der Waals surface area contributed by atoms with Crippen molar-refractivity contribution >= 4 is 11.8 Å². The van der Waals surface area contributed by atoms with Crippen molar-refractivity contribution in [3.05, 3.63) is 53.7 Å². The van der Waals surface area contributed by atoms with Crippen LogP contribution in [0.15, 0.2) is 41.3 Å². The molecule has 2 amide bonds. The molecule has 1 N–H and O–H groups in total. The summed E-state index contributed by atoms with van der Waals surface area (Å²) in [6.45, 7) is 4.19. The Balaban J connectivity index is 1.35. The third-order valence-electron chi connectivity index (χ3n) is 5.25.